The topological polar surface area (TPSA) is 84.4 Å². The Morgan fingerprint density at radius 3 is 2.71 bits per heavy atom. The maximum atomic E-state index is 8.69. The van der Waals surface area contributed by atoms with Crippen LogP contribution in [-0.2, 0) is 0 Å². The number of amidine groups is 1. The van der Waals surface area contributed by atoms with Gasteiger partial charge < -0.3 is 10.9 Å². The van der Waals surface area contributed by atoms with Gasteiger partial charge in [0.2, 0.25) is 0 Å². The van der Waals surface area contributed by atoms with Crippen LogP contribution in [0.5, 0.6) is 0 Å². The third-order valence-electron chi connectivity index (χ3n) is 2.02. The van der Waals surface area contributed by atoms with Gasteiger partial charge in [-0.2, -0.15) is 0 Å². The van der Waals surface area contributed by atoms with Crippen LogP contribution in [0.15, 0.2) is 57.9 Å². The number of oxime groups is 1. The molecule has 0 bridgehead atoms. The number of nitrogens with two attached hydrogens (primary N) is 1. The first-order valence-corrected chi connectivity index (χ1v) is 5.63. The molecule has 0 fully saturated rings. The summed E-state index contributed by atoms with van der Waals surface area (Å²) in [7, 11) is 0. The highest BCUT2D eigenvalue weighted by molar-refractivity contribution is 7.99. The number of pyridine rings is 2. The van der Waals surface area contributed by atoms with Crippen molar-refractivity contribution in [3.8, 4) is 0 Å². The molecule has 0 aliphatic rings. The molecule has 0 radical (unpaired) electrons. The predicted molar refractivity (Wildman–Crippen MR) is 65.1 cm³/mol. The Labute approximate surface area is 102 Å². The molecular formula is C11H10N4OS. The summed E-state index contributed by atoms with van der Waals surface area (Å²) in [5.74, 6) is 0.0506. The van der Waals surface area contributed by atoms with Gasteiger partial charge in [0.15, 0.2) is 5.84 Å². The average Bonchev–Trinajstić information content (AvgIpc) is 2.40. The van der Waals surface area contributed by atoms with Gasteiger partial charge in [-0.1, -0.05) is 16.9 Å². The maximum absolute atomic E-state index is 8.69. The fourth-order valence-electron chi connectivity index (χ4n) is 1.24. The van der Waals surface area contributed by atoms with E-state index in [0.717, 1.165) is 4.90 Å². The molecule has 2 rings (SSSR count). The van der Waals surface area contributed by atoms with Crippen molar-refractivity contribution in [1.82, 2.24) is 9.97 Å². The molecule has 5 nitrogen and oxygen atoms in total. The summed E-state index contributed by atoms with van der Waals surface area (Å²) in [6, 6.07) is 7.24. The molecule has 2 heterocycles. The van der Waals surface area contributed by atoms with Crippen molar-refractivity contribution >= 4 is 17.6 Å². The number of nitrogens with zero attached hydrogens (tertiary/aromatic N) is 3. The minimum atomic E-state index is 0.0506. The van der Waals surface area contributed by atoms with Crippen LogP contribution in [0, 0.1) is 0 Å². The Morgan fingerprint density at radius 1 is 1.24 bits per heavy atom. The van der Waals surface area contributed by atoms with Crippen molar-refractivity contribution in [2.45, 2.75) is 9.92 Å². The van der Waals surface area contributed by atoms with Crippen molar-refractivity contribution in [3.63, 3.8) is 0 Å². The minimum Gasteiger partial charge on any atom is -0.409 e. The number of hydrogen-bond acceptors (Lipinski definition) is 5. The molecule has 0 aliphatic heterocycles. The van der Waals surface area contributed by atoms with Gasteiger partial charge in [-0.15, -0.1) is 0 Å². The highest BCUT2D eigenvalue weighted by Crippen LogP contribution is 2.27. The molecule has 0 unspecified atom stereocenters. The molecule has 0 spiro atoms. The maximum Gasteiger partial charge on any atom is 0.172 e. The third-order valence-corrected chi connectivity index (χ3v) is 3.05. The quantitative estimate of drug-likeness (QED) is 0.373. The van der Waals surface area contributed by atoms with Crippen LogP contribution in [-0.4, -0.2) is 21.0 Å². The lowest BCUT2D eigenvalue weighted by atomic mass is 10.3. The summed E-state index contributed by atoms with van der Waals surface area (Å²) in [4.78, 5) is 9.14. The van der Waals surface area contributed by atoms with Gasteiger partial charge in [-0.3, -0.25) is 4.98 Å². The normalized spacial score (nSPS) is 11.4. The van der Waals surface area contributed by atoms with E-state index in [1.807, 2.05) is 12.1 Å². The van der Waals surface area contributed by atoms with Gasteiger partial charge in [0.25, 0.3) is 0 Å². The zero-order chi connectivity index (χ0) is 12.1. The smallest absolute Gasteiger partial charge is 0.172 e. The van der Waals surface area contributed by atoms with Crippen LogP contribution in [0.1, 0.15) is 5.56 Å². The first-order chi connectivity index (χ1) is 8.31. The van der Waals surface area contributed by atoms with Crippen LogP contribution < -0.4 is 5.73 Å². The van der Waals surface area contributed by atoms with Crippen LogP contribution in [0.3, 0.4) is 0 Å². The van der Waals surface area contributed by atoms with E-state index < -0.39 is 0 Å². The van der Waals surface area contributed by atoms with Crippen molar-refractivity contribution in [2.75, 3.05) is 0 Å². The molecule has 2 aromatic rings. The van der Waals surface area contributed by atoms with Gasteiger partial charge in [-0.05, 0) is 24.3 Å². The zero-order valence-electron chi connectivity index (χ0n) is 8.82. The van der Waals surface area contributed by atoms with Crippen molar-refractivity contribution in [3.05, 3.63) is 48.4 Å². The molecule has 17 heavy (non-hydrogen) atoms. The second kappa shape index (κ2) is 5.31. The molecule has 86 valence electrons. The molecular weight excluding hydrogens is 236 g/mol. The van der Waals surface area contributed by atoms with E-state index in [9.17, 15) is 0 Å². The Balaban J connectivity index is 2.33. The molecule has 0 saturated carbocycles. The molecule has 0 atom stereocenters. The lowest BCUT2D eigenvalue weighted by Crippen LogP contribution is -2.14. The molecule has 0 aromatic carbocycles. The lowest BCUT2D eigenvalue weighted by molar-refractivity contribution is 0.318. The fraction of sp³-hybridized carbons (Fsp3) is 0. The number of rotatable bonds is 3. The Hall–Kier alpha value is -2.08. The fourth-order valence-corrected chi connectivity index (χ4v) is 2.12. The zero-order valence-corrected chi connectivity index (χ0v) is 9.63. The van der Waals surface area contributed by atoms with E-state index >= 15 is 0 Å². The minimum absolute atomic E-state index is 0.0506. The molecule has 3 N–H and O–H groups in total. The third kappa shape index (κ3) is 2.73. The van der Waals surface area contributed by atoms with Crippen LogP contribution in [0.2, 0.25) is 0 Å². The van der Waals surface area contributed by atoms with E-state index in [4.69, 9.17) is 10.9 Å². The van der Waals surface area contributed by atoms with Crippen molar-refractivity contribution in [1.29, 1.82) is 0 Å². The summed E-state index contributed by atoms with van der Waals surface area (Å²) in [5.41, 5.74) is 6.19. The summed E-state index contributed by atoms with van der Waals surface area (Å²) < 4.78 is 0. The van der Waals surface area contributed by atoms with E-state index in [1.54, 1.807) is 30.7 Å². The van der Waals surface area contributed by atoms with Gasteiger partial charge in [-0.25, -0.2) is 4.98 Å². The first-order valence-electron chi connectivity index (χ1n) is 4.82. The lowest BCUT2D eigenvalue weighted by Gasteiger charge is -2.05. The largest absolute Gasteiger partial charge is 0.409 e. The second-order valence-electron chi connectivity index (χ2n) is 3.13. The number of hydrogen-bond donors (Lipinski definition) is 2. The summed E-state index contributed by atoms with van der Waals surface area (Å²) in [6.07, 6.45) is 5.07. The highest BCUT2D eigenvalue weighted by atomic mass is 32.2. The summed E-state index contributed by atoms with van der Waals surface area (Å²) >= 11 is 1.43. The summed E-state index contributed by atoms with van der Waals surface area (Å²) in [6.45, 7) is 0. The van der Waals surface area contributed by atoms with Gasteiger partial charge in [0.05, 0.1) is 5.56 Å². The SMILES string of the molecule is NC(=NO)c1cccnc1Sc1ccncc1. The molecule has 0 amide bonds. The predicted octanol–water partition coefficient (Wildman–Crippen LogP) is 1.72. The molecule has 0 saturated heterocycles. The van der Waals surface area contributed by atoms with Gasteiger partial charge in [0, 0.05) is 23.5 Å². The Kier molecular flexibility index (Phi) is 3.56. The van der Waals surface area contributed by atoms with E-state index in [1.165, 1.54) is 11.8 Å². The monoisotopic (exact) mass is 246 g/mol. The van der Waals surface area contributed by atoms with E-state index in [-0.39, 0.29) is 5.84 Å². The average molecular weight is 246 g/mol. The van der Waals surface area contributed by atoms with E-state index in [2.05, 4.69) is 15.1 Å². The van der Waals surface area contributed by atoms with Crippen LogP contribution >= 0.6 is 11.8 Å². The Morgan fingerprint density at radius 2 is 2.00 bits per heavy atom. The molecule has 6 heteroatoms. The number of aromatic nitrogens is 2. The van der Waals surface area contributed by atoms with Crippen molar-refractivity contribution < 1.29 is 5.21 Å². The standard InChI is InChI=1S/C11H10N4OS/c12-10(15-16)9-2-1-5-14-11(9)17-8-3-6-13-7-4-8/h1-7,16H,(H2,12,15). The molecule has 0 aliphatic carbocycles. The van der Waals surface area contributed by atoms with Crippen LogP contribution in [0.25, 0.3) is 0 Å². The van der Waals surface area contributed by atoms with Crippen LogP contribution in [0.4, 0.5) is 0 Å². The second-order valence-corrected chi connectivity index (χ2v) is 4.19. The van der Waals surface area contributed by atoms with Gasteiger partial charge >= 0.3 is 0 Å². The van der Waals surface area contributed by atoms with Crippen molar-refractivity contribution in [2.24, 2.45) is 10.9 Å². The first kappa shape index (κ1) is 11.4. The summed E-state index contributed by atoms with van der Waals surface area (Å²) in [5, 5.41) is 12.4. The van der Waals surface area contributed by atoms with E-state index in [0.29, 0.717) is 10.6 Å². The Bertz CT molecular complexity index is 530. The molecule has 2 aromatic heterocycles. The van der Waals surface area contributed by atoms with Gasteiger partial charge in [0.1, 0.15) is 5.03 Å². The highest BCUT2D eigenvalue weighted by Gasteiger charge is 2.09.